The highest BCUT2D eigenvalue weighted by Gasteiger charge is 2.33. The van der Waals surface area contributed by atoms with E-state index in [-0.39, 0.29) is 25.6 Å². The lowest BCUT2D eigenvalue weighted by Crippen LogP contribution is -2.56. The third-order valence-corrected chi connectivity index (χ3v) is 7.06. The van der Waals surface area contributed by atoms with Crippen LogP contribution in [0, 0.1) is 17.6 Å². The molecular weight excluding hydrogens is 564 g/mol. The third-order valence-electron chi connectivity index (χ3n) is 7.06. The minimum Gasteiger partial charge on any atom is -0.465 e. The van der Waals surface area contributed by atoms with Crippen LogP contribution in [0.3, 0.4) is 0 Å². The zero-order valence-electron chi connectivity index (χ0n) is 24.0. The van der Waals surface area contributed by atoms with E-state index in [0.717, 1.165) is 49.8 Å². The highest BCUT2D eigenvalue weighted by atomic mass is 19.2. The molecule has 12 heteroatoms. The van der Waals surface area contributed by atoms with Gasteiger partial charge in [-0.1, -0.05) is 68.5 Å². The summed E-state index contributed by atoms with van der Waals surface area (Å²) < 4.78 is 38.5. The molecule has 0 spiro atoms. The van der Waals surface area contributed by atoms with Crippen molar-refractivity contribution in [2.24, 2.45) is 5.92 Å². The van der Waals surface area contributed by atoms with Crippen LogP contribution >= 0.6 is 0 Å². The van der Waals surface area contributed by atoms with Crippen molar-refractivity contribution < 1.29 is 42.2 Å². The van der Waals surface area contributed by atoms with E-state index in [4.69, 9.17) is 9.47 Å². The van der Waals surface area contributed by atoms with Gasteiger partial charge < -0.3 is 25.4 Å². The average molecular weight is 602 g/mol. The summed E-state index contributed by atoms with van der Waals surface area (Å²) in [5.74, 6) is -7.25. The molecule has 0 radical (unpaired) electrons. The van der Waals surface area contributed by atoms with Gasteiger partial charge in [0.25, 0.3) is 11.8 Å². The van der Waals surface area contributed by atoms with Crippen LogP contribution in [0.1, 0.15) is 61.4 Å². The van der Waals surface area contributed by atoms with Gasteiger partial charge in [-0.15, -0.1) is 0 Å². The first-order valence-corrected chi connectivity index (χ1v) is 14.3. The molecule has 2 aromatic rings. The number of esters is 1. The number of nitrogens with one attached hydrogen (secondary N) is 3. The normalized spacial score (nSPS) is 14.7. The molecule has 3 rings (SSSR count). The topological polar surface area (TPSA) is 140 Å². The Morgan fingerprint density at radius 1 is 0.907 bits per heavy atom. The number of ether oxygens (including phenoxy) is 2. The molecule has 0 aliphatic heterocycles. The number of carbonyl (C=O) groups is 5. The number of hydrogen-bond acceptors (Lipinski definition) is 7. The van der Waals surface area contributed by atoms with Crippen LogP contribution in [0.2, 0.25) is 0 Å². The maximum atomic E-state index is 14.3. The maximum Gasteiger partial charge on any atom is 0.325 e. The number of carbonyl (C=O) groups excluding carboxylic acids is 5. The van der Waals surface area contributed by atoms with Crippen molar-refractivity contribution in [3.05, 3.63) is 71.3 Å². The summed E-state index contributed by atoms with van der Waals surface area (Å²) >= 11 is 0. The molecule has 2 aromatic carbocycles. The van der Waals surface area contributed by atoms with Crippen molar-refractivity contribution in [2.75, 3.05) is 19.8 Å². The van der Waals surface area contributed by atoms with Crippen LogP contribution in [-0.2, 0) is 35.3 Å². The fourth-order valence-electron chi connectivity index (χ4n) is 4.84. The molecule has 1 aliphatic rings. The van der Waals surface area contributed by atoms with Crippen molar-refractivity contribution in [3.8, 4) is 0 Å². The first kappa shape index (κ1) is 33.3. The Bertz CT molecular complexity index is 1270. The van der Waals surface area contributed by atoms with E-state index in [1.54, 1.807) is 31.2 Å². The molecule has 3 amide bonds. The molecule has 0 saturated heterocycles. The molecule has 1 saturated carbocycles. The van der Waals surface area contributed by atoms with E-state index >= 15 is 0 Å². The monoisotopic (exact) mass is 601 g/mol. The van der Waals surface area contributed by atoms with Gasteiger partial charge in [-0.25, -0.2) is 8.78 Å². The molecule has 0 aromatic heterocycles. The van der Waals surface area contributed by atoms with Crippen LogP contribution in [-0.4, -0.2) is 61.3 Å². The SMILES string of the molecule is CCOC(=O)CNC(=O)C(=O)C(COCc1ccccc1)NC(=O)[C@@H](CC1CCCCC1)NC(=O)c1cccc(F)c1F. The van der Waals surface area contributed by atoms with Gasteiger partial charge in [0.15, 0.2) is 11.6 Å². The number of rotatable bonds is 15. The minimum atomic E-state index is -1.48. The van der Waals surface area contributed by atoms with E-state index in [2.05, 4.69) is 16.0 Å². The van der Waals surface area contributed by atoms with Crippen molar-refractivity contribution in [2.45, 2.75) is 64.1 Å². The lowest BCUT2D eigenvalue weighted by Gasteiger charge is -2.28. The fourth-order valence-corrected chi connectivity index (χ4v) is 4.84. The lowest BCUT2D eigenvalue weighted by molar-refractivity contribution is -0.146. The minimum absolute atomic E-state index is 0.0681. The van der Waals surface area contributed by atoms with Gasteiger partial charge in [0, 0.05) is 0 Å². The van der Waals surface area contributed by atoms with E-state index in [9.17, 15) is 32.8 Å². The van der Waals surface area contributed by atoms with E-state index < -0.39 is 71.9 Å². The molecule has 1 fully saturated rings. The second-order valence-electron chi connectivity index (χ2n) is 10.3. The van der Waals surface area contributed by atoms with Crippen molar-refractivity contribution in [3.63, 3.8) is 0 Å². The number of Topliss-reactive ketones (excluding diaryl/α,β-unsaturated/α-hetero) is 1. The quantitative estimate of drug-likeness (QED) is 0.211. The van der Waals surface area contributed by atoms with E-state index in [1.165, 1.54) is 6.07 Å². The summed E-state index contributed by atoms with van der Waals surface area (Å²) in [4.78, 5) is 63.8. The van der Waals surface area contributed by atoms with Gasteiger partial charge in [0.2, 0.25) is 11.7 Å². The van der Waals surface area contributed by atoms with Gasteiger partial charge in [-0.2, -0.15) is 0 Å². The summed E-state index contributed by atoms with van der Waals surface area (Å²) in [7, 11) is 0. The average Bonchev–Trinajstić information content (AvgIpc) is 3.01. The predicted molar refractivity (Wildman–Crippen MR) is 151 cm³/mol. The molecular formula is C31H37F2N3O7. The third kappa shape index (κ3) is 10.5. The maximum absolute atomic E-state index is 14.3. The molecule has 2 atom stereocenters. The predicted octanol–water partition coefficient (Wildman–Crippen LogP) is 2.98. The molecule has 0 heterocycles. The largest absolute Gasteiger partial charge is 0.465 e. The molecule has 232 valence electrons. The van der Waals surface area contributed by atoms with E-state index in [1.807, 2.05) is 6.07 Å². The van der Waals surface area contributed by atoms with Gasteiger partial charge >= 0.3 is 5.97 Å². The molecule has 3 N–H and O–H groups in total. The van der Waals surface area contributed by atoms with Crippen molar-refractivity contribution in [1.82, 2.24) is 16.0 Å². The van der Waals surface area contributed by atoms with Gasteiger partial charge in [0.1, 0.15) is 18.6 Å². The Morgan fingerprint density at radius 2 is 1.63 bits per heavy atom. The zero-order valence-corrected chi connectivity index (χ0v) is 24.0. The Kier molecular flexibility index (Phi) is 13.2. The number of hydrogen-bond donors (Lipinski definition) is 3. The number of ketones is 1. The Balaban J connectivity index is 1.77. The molecule has 43 heavy (non-hydrogen) atoms. The smallest absolute Gasteiger partial charge is 0.325 e. The van der Waals surface area contributed by atoms with Crippen molar-refractivity contribution >= 4 is 29.5 Å². The highest BCUT2D eigenvalue weighted by Crippen LogP contribution is 2.27. The van der Waals surface area contributed by atoms with Crippen LogP contribution < -0.4 is 16.0 Å². The summed E-state index contributed by atoms with van der Waals surface area (Å²) in [5.41, 5.74) is 0.213. The standard InChI is InChI=1S/C31H37F2N3O7/c1-2-43-26(37)17-34-31(41)28(38)25(19-42-18-21-12-7-4-8-13-21)36-30(40)24(16-20-10-5-3-6-11-20)35-29(39)22-14-9-15-23(32)27(22)33/h4,7-9,12-15,20,24-25H,2-3,5-6,10-11,16-19H2,1H3,(H,34,41)(H,35,39)(H,36,40)/t24-,25?/m1/s1. The number of amides is 3. The Hall–Kier alpha value is -4.19. The van der Waals surface area contributed by atoms with Gasteiger partial charge in [-0.05, 0) is 37.0 Å². The molecule has 1 unspecified atom stereocenters. The number of benzene rings is 2. The summed E-state index contributed by atoms with van der Waals surface area (Å²) in [5, 5.41) is 7.15. The van der Waals surface area contributed by atoms with Crippen LogP contribution in [0.4, 0.5) is 8.78 Å². The molecule has 1 aliphatic carbocycles. The van der Waals surface area contributed by atoms with Crippen molar-refractivity contribution in [1.29, 1.82) is 0 Å². The van der Waals surface area contributed by atoms with Gasteiger partial charge in [0.05, 0.1) is 25.4 Å². The second-order valence-corrected chi connectivity index (χ2v) is 10.3. The zero-order chi connectivity index (χ0) is 31.2. The first-order valence-electron chi connectivity index (χ1n) is 14.3. The highest BCUT2D eigenvalue weighted by molar-refractivity contribution is 6.38. The van der Waals surface area contributed by atoms with E-state index in [0.29, 0.717) is 0 Å². The Morgan fingerprint density at radius 3 is 2.33 bits per heavy atom. The molecule has 0 bridgehead atoms. The number of halogens is 2. The van der Waals surface area contributed by atoms with Crippen LogP contribution in [0.15, 0.2) is 48.5 Å². The summed E-state index contributed by atoms with van der Waals surface area (Å²) in [6.45, 7) is 0.804. The van der Waals surface area contributed by atoms with Crippen LogP contribution in [0.5, 0.6) is 0 Å². The summed E-state index contributed by atoms with van der Waals surface area (Å²) in [6, 6.07) is 9.46. The van der Waals surface area contributed by atoms with Crippen LogP contribution in [0.25, 0.3) is 0 Å². The Labute approximate surface area is 248 Å². The molecule has 10 nitrogen and oxygen atoms in total. The summed E-state index contributed by atoms with van der Waals surface area (Å²) in [6.07, 6.45) is 4.75. The first-order chi connectivity index (χ1) is 20.7. The fraction of sp³-hybridized carbons (Fsp3) is 0.452. The van der Waals surface area contributed by atoms with Gasteiger partial charge in [-0.3, -0.25) is 24.0 Å². The lowest BCUT2D eigenvalue weighted by atomic mass is 9.84. The second kappa shape index (κ2) is 17.1.